The lowest BCUT2D eigenvalue weighted by Crippen LogP contribution is -2.10. The first-order chi connectivity index (χ1) is 9.20. The maximum Gasteiger partial charge on any atom is 0.267 e. The number of hydrogen-bond donors (Lipinski definition) is 2. The quantitative estimate of drug-likeness (QED) is 0.841. The Hall–Kier alpha value is -2.10. The largest absolute Gasteiger partial charge is 0.395 e. The summed E-state index contributed by atoms with van der Waals surface area (Å²) in [5, 5.41) is 14.9. The molecule has 0 atom stereocenters. The molecule has 0 spiro atoms. The standard InChI is InChI=1S/C13H12N2O3S/c1-9-8-11(19-10(9)4-2-3-6-16)13(17)14-12-5-7-18-15-12/h5,7-8,16H,3,6H2,1H3,(H,14,15,17). The summed E-state index contributed by atoms with van der Waals surface area (Å²) in [5.74, 6) is 5.92. The Balaban J connectivity index is 2.11. The fourth-order valence-corrected chi connectivity index (χ4v) is 2.31. The van der Waals surface area contributed by atoms with Gasteiger partial charge in [0.15, 0.2) is 5.82 Å². The molecule has 19 heavy (non-hydrogen) atoms. The van der Waals surface area contributed by atoms with Gasteiger partial charge in [0.1, 0.15) is 6.26 Å². The predicted octanol–water partition coefficient (Wildman–Crippen LogP) is 2.03. The average molecular weight is 276 g/mol. The summed E-state index contributed by atoms with van der Waals surface area (Å²) >= 11 is 1.31. The smallest absolute Gasteiger partial charge is 0.267 e. The van der Waals surface area contributed by atoms with Crippen LogP contribution in [0.3, 0.4) is 0 Å². The van der Waals surface area contributed by atoms with Crippen LogP contribution >= 0.6 is 11.3 Å². The number of rotatable bonds is 3. The van der Waals surface area contributed by atoms with Gasteiger partial charge in [0.2, 0.25) is 0 Å². The van der Waals surface area contributed by atoms with Crippen LogP contribution in [-0.4, -0.2) is 22.8 Å². The molecule has 0 fully saturated rings. The van der Waals surface area contributed by atoms with Crippen LogP contribution < -0.4 is 5.32 Å². The number of carbonyl (C=O) groups is 1. The van der Waals surface area contributed by atoms with Gasteiger partial charge < -0.3 is 14.9 Å². The number of amides is 1. The number of aliphatic hydroxyl groups is 1. The van der Waals surface area contributed by atoms with Crippen molar-refractivity contribution in [3.05, 3.63) is 33.7 Å². The zero-order chi connectivity index (χ0) is 13.7. The van der Waals surface area contributed by atoms with Crippen molar-refractivity contribution < 1.29 is 14.4 Å². The lowest BCUT2D eigenvalue weighted by molar-refractivity contribution is 0.102. The van der Waals surface area contributed by atoms with Gasteiger partial charge in [0.05, 0.1) is 16.4 Å². The van der Waals surface area contributed by atoms with E-state index in [9.17, 15) is 4.79 Å². The zero-order valence-corrected chi connectivity index (χ0v) is 11.1. The van der Waals surface area contributed by atoms with Crippen molar-refractivity contribution in [2.24, 2.45) is 0 Å². The van der Waals surface area contributed by atoms with Crippen molar-refractivity contribution in [2.45, 2.75) is 13.3 Å². The second kappa shape index (κ2) is 6.18. The lowest BCUT2D eigenvalue weighted by atomic mass is 10.2. The van der Waals surface area contributed by atoms with E-state index in [2.05, 4.69) is 26.8 Å². The Morgan fingerprint density at radius 2 is 2.47 bits per heavy atom. The van der Waals surface area contributed by atoms with Crippen molar-refractivity contribution >= 4 is 23.1 Å². The molecule has 0 aliphatic heterocycles. The number of aromatic nitrogens is 1. The number of hydrogen-bond acceptors (Lipinski definition) is 5. The van der Waals surface area contributed by atoms with Crippen LogP contribution in [0.5, 0.6) is 0 Å². The van der Waals surface area contributed by atoms with E-state index in [0.29, 0.717) is 17.1 Å². The van der Waals surface area contributed by atoms with Crippen molar-refractivity contribution in [1.29, 1.82) is 0 Å². The number of carbonyl (C=O) groups excluding carboxylic acids is 1. The van der Waals surface area contributed by atoms with E-state index in [1.807, 2.05) is 6.92 Å². The van der Waals surface area contributed by atoms with Gasteiger partial charge >= 0.3 is 0 Å². The third kappa shape index (κ3) is 3.44. The molecule has 1 amide bonds. The third-order valence-corrected chi connectivity index (χ3v) is 3.41. The van der Waals surface area contributed by atoms with Gasteiger partial charge in [0, 0.05) is 12.5 Å². The summed E-state index contributed by atoms with van der Waals surface area (Å²) in [6, 6.07) is 3.35. The van der Waals surface area contributed by atoms with Gasteiger partial charge in [-0.15, -0.1) is 11.3 Å². The highest BCUT2D eigenvalue weighted by molar-refractivity contribution is 7.14. The first-order valence-corrected chi connectivity index (χ1v) is 6.44. The van der Waals surface area contributed by atoms with E-state index in [1.54, 1.807) is 12.1 Å². The fourth-order valence-electron chi connectivity index (χ4n) is 1.37. The van der Waals surface area contributed by atoms with E-state index in [4.69, 9.17) is 5.11 Å². The molecule has 0 unspecified atom stereocenters. The van der Waals surface area contributed by atoms with E-state index < -0.39 is 0 Å². The highest BCUT2D eigenvalue weighted by atomic mass is 32.1. The molecule has 0 aromatic carbocycles. The Morgan fingerprint density at radius 1 is 1.63 bits per heavy atom. The van der Waals surface area contributed by atoms with E-state index in [0.717, 1.165) is 10.4 Å². The maximum absolute atomic E-state index is 11.9. The summed E-state index contributed by atoms with van der Waals surface area (Å²) in [4.78, 5) is 13.3. The molecule has 0 saturated carbocycles. The van der Waals surface area contributed by atoms with Gasteiger partial charge in [-0.1, -0.05) is 17.0 Å². The molecule has 2 rings (SSSR count). The van der Waals surface area contributed by atoms with Crippen LogP contribution in [0, 0.1) is 18.8 Å². The molecule has 0 aliphatic carbocycles. The Kier molecular flexibility index (Phi) is 4.34. The molecule has 6 heteroatoms. The number of thiophene rings is 1. The highest BCUT2D eigenvalue weighted by Gasteiger charge is 2.12. The Bertz CT molecular complexity index is 620. The molecule has 0 radical (unpaired) electrons. The van der Waals surface area contributed by atoms with Crippen molar-refractivity contribution in [3.8, 4) is 11.8 Å². The summed E-state index contributed by atoms with van der Waals surface area (Å²) in [6.07, 6.45) is 1.82. The summed E-state index contributed by atoms with van der Waals surface area (Å²) in [7, 11) is 0. The summed E-state index contributed by atoms with van der Waals surface area (Å²) < 4.78 is 4.64. The summed E-state index contributed by atoms with van der Waals surface area (Å²) in [5.41, 5.74) is 0.945. The molecule has 0 saturated heterocycles. The number of nitrogens with zero attached hydrogens (tertiary/aromatic N) is 1. The minimum Gasteiger partial charge on any atom is -0.395 e. The number of nitrogens with one attached hydrogen (secondary N) is 1. The van der Waals surface area contributed by atoms with Crippen LogP contribution in [0.25, 0.3) is 0 Å². The minimum atomic E-state index is -0.239. The minimum absolute atomic E-state index is 0.0386. The first kappa shape index (κ1) is 13.3. The van der Waals surface area contributed by atoms with Crippen LogP contribution in [0.2, 0.25) is 0 Å². The number of anilines is 1. The Morgan fingerprint density at radius 3 is 3.16 bits per heavy atom. The van der Waals surface area contributed by atoms with Crippen LogP contribution in [0.1, 0.15) is 26.5 Å². The normalized spacial score (nSPS) is 9.79. The predicted molar refractivity (Wildman–Crippen MR) is 72.1 cm³/mol. The number of aryl methyl sites for hydroxylation is 1. The van der Waals surface area contributed by atoms with Crippen LogP contribution in [0.4, 0.5) is 5.82 Å². The van der Waals surface area contributed by atoms with E-state index in [-0.39, 0.29) is 12.5 Å². The van der Waals surface area contributed by atoms with Gasteiger partial charge in [-0.05, 0) is 18.6 Å². The molecule has 5 nitrogen and oxygen atoms in total. The van der Waals surface area contributed by atoms with Crippen LogP contribution in [-0.2, 0) is 0 Å². The maximum atomic E-state index is 11.9. The average Bonchev–Trinajstić information content (AvgIpc) is 3.00. The third-order valence-electron chi connectivity index (χ3n) is 2.26. The van der Waals surface area contributed by atoms with Crippen molar-refractivity contribution in [2.75, 3.05) is 11.9 Å². The fraction of sp³-hybridized carbons (Fsp3) is 0.231. The van der Waals surface area contributed by atoms with Gasteiger partial charge in [0.25, 0.3) is 5.91 Å². The van der Waals surface area contributed by atoms with Crippen LogP contribution in [0.15, 0.2) is 22.9 Å². The second-order valence-electron chi connectivity index (χ2n) is 3.74. The zero-order valence-electron chi connectivity index (χ0n) is 10.3. The molecule has 2 heterocycles. The summed E-state index contributed by atoms with van der Waals surface area (Å²) in [6.45, 7) is 1.93. The number of aliphatic hydroxyl groups excluding tert-OH is 1. The molecule has 98 valence electrons. The monoisotopic (exact) mass is 276 g/mol. The lowest BCUT2D eigenvalue weighted by Gasteiger charge is -1.96. The van der Waals surface area contributed by atoms with Gasteiger partial charge in [-0.25, -0.2) is 0 Å². The second-order valence-corrected chi connectivity index (χ2v) is 4.79. The molecule has 0 aliphatic rings. The van der Waals surface area contributed by atoms with Crippen molar-refractivity contribution in [3.63, 3.8) is 0 Å². The van der Waals surface area contributed by atoms with E-state index in [1.165, 1.54) is 17.6 Å². The molecule has 2 aromatic heterocycles. The first-order valence-electron chi connectivity index (χ1n) is 5.62. The van der Waals surface area contributed by atoms with Gasteiger partial charge in [-0.3, -0.25) is 4.79 Å². The molecule has 2 N–H and O–H groups in total. The Labute approximate surface area is 114 Å². The van der Waals surface area contributed by atoms with E-state index >= 15 is 0 Å². The molecule has 0 bridgehead atoms. The SMILES string of the molecule is Cc1cc(C(=O)Nc2ccon2)sc1C#CCCO. The molecule has 2 aromatic rings. The topological polar surface area (TPSA) is 75.4 Å². The van der Waals surface area contributed by atoms with Crippen molar-refractivity contribution in [1.82, 2.24) is 5.16 Å². The molecular weight excluding hydrogens is 264 g/mol. The highest BCUT2D eigenvalue weighted by Crippen LogP contribution is 2.21. The van der Waals surface area contributed by atoms with Gasteiger partial charge in [-0.2, -0.15) is 0 Å². The molecular formula is C13H12N2O3S.